The molecule has 76 valence electrons. The Balaban J connectivity index is 2.28. The molecule has 0 atom stereocenters. The summed E-state index contributed by atoms with van der Waals surface area (Å²) in [4.78, 5) is 17.7. The van der Waals surface area contributed by atoms with E-state index >= 15 is 0 Å². The number of benzene rings is 1. The highest BCUT2D eigenvalue weighted by Crippen LogP contribution is 2.14. The average Bonchev–Trinajstić information content (AvgIpc) is 2.64. The highest BCUT2D eigenvalue weighted by Gasteiger charge is 2.06. The van der Waals surface area contributed by atoms with Gasteiger partial charge in [-0.25, -0.2) is 9.78 Å². The fraction of sp³-hybridized carbons (Fsp3) is 0.0909. The molecule has 0 aliphatic rings. The van der Waals surface area contributed by atoms with Gasteiger partial charge in [-0.1, -0.05) is 12.6 Å². The van der Waals surface area contributed by atoms with Crippen molar-refractivity contribution in [1.82, 2.24) is 9.97 Å². The highest BCUT2D eigenvalue weighted by molar-refractivity contribution is 5.86. The Bertz CT molecular complexity index is 528. The standard InChI is InChI=1S/C11H10N2O2/c1-7(11(14)15)4-8-2-3-9-10(5-8)13-6-12-9/h2-3,5-6H,1,4H2,(H,12,13)(H,14,15). The van der Waals surface area contributed by atoms with Crippen LogP contribution in [0.1, 0.15) is 5.56 Å². The van der Waals surface area contributed by atoms with Gasteiger partial charge in [-0.05, 0) is 17.7 Å². The van der Waals surface area contributed by atoms with Crippen molar-refractivity contribution in [3.63, 3.8) is 0 Å². The Morgan fingerprint density at radius 1 is 1.53 bits per heavy atom. The second-order valence-electron chi connectivity index (χ2n) is 3.34. The van der Waals surface area contributed by atoms with Crippen LogP contribution in [-0.4, -0.2) is 21.0 Å². The molecule has 0 amide bonds. The lowest BCUT2D eigenvalue weighted by atomic mass is 10.1. The number of aromatic amines is 1. The van der Waals surface area contributed by atoms with Gasteiger partial charge in [-0.3, -0.25) is 0 Å². The molecule has 2 aromatic rings. The van der Waals surface area contributed by atoms with E-state index in [0.29, 0.717) is 6.42 Å². The van der Waals surface area contributed by atoms with Crippen LogP contribution in [0.15, 0.2) is 36.7 Å². The normalized spacial score (nSPS) is 10.4. The number of H-pyrrole nitrogens is 1. The second-order valence-corrected chi connectivity index (χ2v) is 3.34. The fourth-order valence-corrected chi connectivity index (χ4v) is 1.41. The van der Waals surface area contributed by atoms with E-state index in [9.17, 15) is 4.79 Å². The Kier molecular flexibility index (Phi) is 2.25. The van der Waals surface area contributed by atoms with Gasteiger partial charge in [0, 0.05) is 12.0 Å². The molecule has 1 heterocycles. The minimum Gasteiger partial charge on any atom is -0.478 e. The third-order valence-corrected chi connectivity index (χ3v) is 2.20. The highest BCUT2D eigenvalue weighted by atomic mass is 16.4. The summed E-state index contributed by atoms with van der Waals surface area (Å²) in [7, 11) is 0. The van der Waals surface area contributed by atoms with E-state index in [1.165, 1.54) is 0 Å². The first kappa shape index (κ1) is 9.45. The van der Waals surface area contributed by atoms with Gasteiger partial charge in [0.25, 0.3) is 0 Å². The van der Waals surface area contributed by atoms with Crippen LogP contribution in [0.25, 0.3) is 11.0 Å². The number of imidazole rings is 1. The molecule has 0 aliphatic heterocycles. The number of nitrogens with zero attached hydrogens (tertiary/aromatic N) is 1. The summed E-state index contributed by atoms with van der Waals surface area (Å²) in [5.41, 5.74) is 2.89. The average molecular weight is 202 g/mol. The van der Waals surface area contributed by atoms with Gasteiger partial charge in [0.15, 0.2) is 0 Å². The number of aliphatic carboxylic acids is 1. The first-order chi connectivity index (χ1) is 7.16. The first-order valence-electron chi connectivity index (χ1n) is 4.50. The molecule has 0 fully saturated rings. The van der Waals surface area contributed by atoms with E-state index < -0.39 is 5.97 Å². The molecule has 0 radical (unpaired) electrons. The minimum atomic E-state index is -0.959. The van der Waals surface area contributed by atoms with Crippen molar-refractivity contribution in [1.29, 1.82) is 0 Å². The summed E-state index contributed by atoms with van der Waals surface area (Å²) in [6, 6.07) is 5.60. The number of nitrogens with one attached hydrogen (secondary N) is 1. The Hall–Kier alpha value is -2.10. The molecule has 0 aliphatic carbocycles. The molecule has 2 N–H and O–H groups in total. The number of hydrogen-bond acceptors (Lipinski definition) is 2. The van der Waals surface area contributed by atoms with Crippen LogP contribution in [-0.2, 0) is 11.2 Å². The summed E-state index contributed by atoms with van der Waals surface area (Å²) >= 11 is 0. The molecule has 1 aromatic heterocycles. The van der Waals surface area contributed by atoms with Gasteiger partial charge in [0.1, 0.15) is 0 Å². The van der Waals surface area contributed by atoms with E-state index in [4.69, 9.17) is 5.11 Å². The van der Waals surface area contributed by atoms with Crippen molar-refractivity contribution in [3.8, 4) is 0 Å². The zero-order valence-electron chi connectivity index (χ0n) is 8.03. The van der Waals surface area contributed by atoms with Crippen LogP contribution in [0.5, 0.6) is 0 Å². The molecule has 0 spiro atoms. The number of hydrogen-bond donors (Lipinski definition) is 2. The molecule has 4 nitrogen and oxygen atoms in total. The van der Waals surface area contributed by atoms with E-state index in [0.717, 1.165) is 16.6 Å². The van der Waals surface area contributed by atoms with E-state index in [2.05, 4.69) is 16.5 Å². The van der Waals surface area contributed by atoms with E-state index in [-0.39, 0.29) is 5.57 Å². The van der Waals surface area contributed by atoms with Crippen LogP contribution >= 0.6 is 0 Å². The van der Waals surface area contributed by atoms with Crippen LogP contribution < -0.4 is 0 Å². The zero-order valence-corrected chi connectivity index (χ0v) is 8.03. The fourth-order valence-electron chi connectivity index (χ4n) is 1.41. The summed E-state index contributed by atoms with van der Waals surface area (Å²) in [6.07, 6.45) is 1.96. The van der Waals surface area contributed by atoms with Gasteiger partial charge >= 0.3 is 5.97 Å². The number of carboxylic acid groups (broad SMARTS) is 1. The molecule has 0 saturated heterocycles. The van der Waals surface area contributed by atoms with Crippen molar-refractivity contribution in [3.05, 3.63) is 42.2 Å². The summed E-state index contributed by atoms with van der Waals surface area (Å²) in [6.45, 7) is 3.49. The van der Waals surface area contributed by atoms with Crippen LogP contribution in [0.2, 0.25) is 0 Å². The lowest BCUT2D eigenvalue weighted by Gasteiger charge is -2.00. The van der Waals surface area contributed by atoms with Gasteiger partial charge in [0.2, 0.25) is 0 Å². The molecular formula is C11H10N2O2. The van der Waals surface area contributed by atoms with Gasteiger partial charge < -0.3 is 10.1 Å². The summed E-state index contributed by atoms with van der Waals surface area (Å²) < 4.78 is 0. The SMILES string of the molecule is C=C(Cc1ccc2nc[nH]c2c1)C(=O)O. The minimum absolute atomic E-state index is 0.189. The maximum absolute atomic E-state index is 10.6. The Morgan fingerprint density at radius 3 is 3.07 bits per heavy atom. The molecule has 0 bridgehead atoms. The number of fused-ring (bicyclic) bond motifs is 1. The largest absolute Gasteiger partial charge is 0.478 e. The van der Waals surface area contributed by atoms with Gasteiger partial charge in [-0.2, -0.15) is 0 Å². The predicted molar refractivity (Wildman–Crippen MR) is 56.6 cm³/mol. The lowest BCUT2D eigenvalue weighted by Crippen LogP contribution is -2.01. The molecule has 0 saturated carbocycles. The van der Waals surface area contributed by atoms with Crippen molar-refractivity contribution in [2.45, 2.75) is 6.42 Å². The predicted octanol–water partition coefficient (Wildman–Crippen LogP) is 1.75. The quantitative estimate of drug-likeness (QED) is 0.745. The number of rotatable bonds is 3. The maximum atomic E-state index is 10.6. The van der Waals surface area contributed by atoms with Crippen LogP contribution in [0.3, 0.4) is 0 Å². The van der Waals surface area contributed by atoms with E-state index in [1.807, 2.05) is 18.2 Å². The molecule has 0 unspecified atom stereocenters. The Morgan fingerprint density at radius 2 is 2.33 bits per heavy atom. The number of carbonyl (C=O) groups is 1. The van der Waals surface area contributed by atoms with Crippen molar-refractivity contribution < 1.29 is 9.90 Å². The van der Waals surface area contributed by atoms with Crippen molar-refractivity contribution in [2.75, 3.05) is 0 Å². The first-order valence-corrected chi connectivity index (χ1v) is 4.50. The third kappa shape index (κ3) is 1.88. The lowest BCUT2D eigenvalue weighted by molar-refractivity contribution is -0.132. The molecule has 4 heteroatoms. The van der Waals surface area contributed by atoms with Gasteiger partial charge in [0.05, 0.1) is 17.4 Å². The van der Waals surface area contributed by atoms with Crippen LogP contribution in [0.4, 0.5) is 0 Å². The topological polar surface area (TPSA) is 66.0 Å². The number of carboxylic acids is 1. The maximum Gasteiger partial charge on any atom is 0.331 e. The summed E-state index contributed by atoms with van der Waals surface area (Å²) in [5.74, 6) is -0.959. The van der Waals surface area contributed by atoms with E-state index in [1.54, 1.807) is 6.33 Å². The summed E-state index contributed by atoms with van der Waals surface area (Å²) in [5, 5.41) is 8.70. The smallest absolute Gasteiger partial charge is 0.331 e. The van der Waals surface area contributed by atoms with Crippen LogP contribution in [0, 0.1) is 0 Å². The van der Waals surface area contributed by atoms with Crippen molar-refractivity contribution >= 4 is 17.0 Å². The van der Waals surface area contributed by atoms with Crippen molar-refractivity contribution in [2.24, 2.45) is 0 Å². The zero-order chi connectivity index (χ0) is 10.8. The second kappa shape index (κ2) is 3.57. The third-order valence-electron chi connectivity index (χ3n) is 2.20. The molecular weight excluding hydrogens is 192 g/mol. The monoisotopic (exact) mass is 202 g/mol. The molecule has 15 heavy (non-hydrogen) atoms. The van der Waals surface area contributed by atoms with Gasteiger partial charge in [-0.15, -0.1) is 0 Å². The molecule has 2 rings (SSSR count). The molecule has 1 aromatic carbocycles. The number of aromatic nitrogens is 2. The Labute approximate surface area is 86.3 Å².